The van der Waals surface area contributed by atoms with Crippen LogP contribution in [0.25, 0.3) is 22.1 Å². The number of hydrogen-bond donors (Lipinski definition) is 1. The summed E-state index contributed by atoms with van der Waals surface area (Å²) >= 11 is 0. The first-order valence-electron chi connectivity index (χ1n) is 10.3. The lowest BCUT2D eigenvalue weighted by Crippen LogP contribution is -2.12. The molecule has 1 N–H and O–H groups in total. The summed E-state index contributed by atoms with van der Waals surface area (Å²) in [5.41, 5.74) is 2.57. The minimum Gasteiger partial charge on any atom is -0.455 e. The van der Waals surface area contributed by atoms with Gasteiger partial charge < -0.3 is 13.9 Å². The molecule has 0 saturated heterocycles. The molecule has 2 heterocycles. The Morgan fingerprint density at radius 3 is 2.44 bits per heavy atom. The Bertz CT molecular complexity index is 1300. The van der Waals surface area contributed by atoms with Crippen LogP contribution in [0.5, 0.6) is 0 Å². The predicted molar refractivity (Wildman–Crippen MR) is 123 cm³/mol. The van der Waals surface area contributed by atoms with Gasteiger partial charge in [0.15, 0.2) is 5.76 Å². The maximum atomic E-state index is 12.7. The van der Waals surface area contributed by atoms with Gasteiger partial charge in [0.25, 0.3) is 10.0 Å². The number of sulfonamides is 1. The van der Waals surface area contributed by atoms with E-state index in [4.69, 9.17) is 13.9 Å². The molecule has 0 aliphatic carbocycles. The van der Waals surface area contributed by atoms with E-state index < -0.39 is 16.3 Å². The zero-order valence-electron chi connectivity index (χ0n) is 17.8. The van der Waals surface area contributed by atoms with Crippen LogP contribution in [0.4, 0.5) is 5.69 Å². The normalized spacial score (nSPS) is 11.8. The standard InChI is InChI=1S/C24H24N2O5S/c1-3-29-24(30-4-2)22-14-18-15-25-16-21(23(18)31-22)17-9-8-10-19(13-17)26-32(27,28)20-11-6-5-7-12-20/h5-16,24,26H,3-4H2,1-2H3. The Hall–Kier alpha value is -3.20. The lowest BCUT2D eigenvalue weighted by atomic mass is 10.1. The van der Waals surface area contributed by atoms with Gasteiger partial charge in [-0.05, 0) is 49.7 Å². The number of rotatable bonds is 9. The van der Waals surface area contributed by atoms with E-state index in [1.54, 1.807) is 60.9 Å². The van der Waals surface area contributed by atoms with Crippen molar-refractivity contribution in [3.05, 3.63) is 78.8 Å². The van der Waals surface area contributed by atoms with E-state index in [0.29, 0.717) is 30.2 Å². The number of fused-ring (bicyclic) bond motifs is 1. The van der Waals surface area contributed by atoms with Crippen molar-refractivity contribution in [2.45, 2.75) is 25.0 Å². The molecule has 7 nitrogen and oxygen atoms in total. The molecule has 4 rings (SSSR count). The molecular formula is C24H24N2O5S. The van der Waals surface area contributed by atoms with Crippen LogP contribution in [0.15, 0.2) is 82.4 Å². The predicted octanol–water partition coefficient (Wildman–Crippen LogP) is 5.37. The van der Waals surface area contributed by atoms with Crippen molar-refractivity contribution in [2.24, 2.45) is 0 Å². The van der Waals surface area contributed by atoms with Crippen LogP contribution in [0, 0.1) is 0 Å². The van der Waals surface area contributed by atoms with E-state index >= 15 is 0 Å². The van der Waals surface area contributed by atoms with Gasteiger partial charge >= 0.3 is 0 Å². The van der Waals surface area contributed by atoms with Gasteiger partial charge in [0.1, 0.15) is 5.58 Å². The second kappa shape index (κ2) is 9.52. The zero-order valence-corrected chi connectivity index (χ0v) is 18.6. The summed E-state index contributed by atoms with van der Waals surface area (Å²) in [6.45, 7) is 4.75. The number of ether oxygens (including phenoxy) is 2. The minimum absolute atomic E-state index is 0.197. The summed E-state index contributed by atoms with van der Waals surface area (Å²) in [4.78, 5) is 4.52. The van der Waals surface area contributed by atoms with Crippen LogP contribution in [0.1, 0.15) is 25.9 Å². The quantitative estimate of drug-likeness (QED) is 0.344. The van der Waals surface area contributed by atoms with Crippen LogP contribution in [0.2, 0.25) is 0 Å². The highest BCUT2D eigenvalue weighted by atomic mass is 32.2. The zero-order chi connectivity index (χ0) is 22.6. The molecule has 2 aromatic heterocycles. The number of aromatic nitrogens is 1. The van der Waals surface area contributed by atoms with Gasteiger partial charge in [0, 0.05) is 42.2 Å². The first kappa shape index (κ1) is 22.0. The molecule has 0 aliphatic heterocycles. The van der Waals surface area contributed by atoms with E-state index in [1.165, 1.54) is 0 Å². The molecule has 4 aromatic rings. The molecule has 0 radical (unpaired) electrons. The van der Waals surface area contributed by atoms with Crippen molar-refractivity contribution < 1.29 is 22.3 Å². The maximum absolute atomic E-state index is 12.7. The Kier molecular flexibility index (Phi) is 6.55. The second-order valence-corrected chi connectivity index (χ2v) is 8.68. The number of anilines is 1. The number of hydrogen-bond acceptors (Lipinski definition) is 6. The highest BCUT2D eigenvalue weighted by Crippen LogP contribution is 2.34. The van der Waals surface area contributed by atoms with Crippen molar-refractivity contribution in [3.63, 3.8) is 0 Å². The molecule has 0 fully saturated rings. The Balaban J connectivity index is 1.69. The SMILES string of the molecule is CCOC(OCC)c1cc2cncc(-c3cccc(NS(=O)(=O)c4ccccc4)c3)c2o1. The van der Waals surface area contributed by atoms with Gasteiger partial charge in [-0.1, -0.05) is 30.3 Å². The van der Waals surface area contributed by atoms with Gasteiger partial charge in [-0.2, -0.15) is 0 Å². The van der Waals surface area contributed by atoms with Gasteiger partial charge in [-0.25, -0.2) is 8.42 Å². The molecule has 166 valence electrons. The number of nitrogens with zero attached hydrogens (tertiary/aromatic N) is 1. The Morgan fingerprint density at radius 2 is 1.72 bits per heavy atom. The molecule has 0 atom stereocenters. The fourth-order valence-electron chi connectivity index (χ4n) is 3.38. The second-order valence-electron chi connectivity index (χ2n) is 7.00. The van der Waals surface area contributed by atoms with Crippen molar-refractivity contribution in [2.75, 3.05) is 17.9 Å². The molecule has 0 bridgehead atoms. The van der Waals surface area contributed by atoms with Crippen LogP contribution in [0.3, 0.4) is 0 Å². The van der Waals surface area contributed by atoms with Crippen molar-refractivity contribution in [3.8, 4) is 11.1 Å². The molecule has 32 heavy (non-hydrogen) atoms. The summed E-state index contributed by atoms with van der Waals surface area (Å²) < 4.78 is 45.4. The molecule has 0 unspecified atom stereocenters. The van der Waals surface area contributed by atoms with E-state index in [9.17, 15) is 8.42 Å². The Labute approximate surface area is 187 Å². The fraction of sp³-hybridized carbons (Fsp3) is 0.208. The third-order valence-electron chi connectivity index (χ3n) is 4.79. The highest BCUT2D eigenvalue weighted by molar-refractivity contribution is 7.92. The van der Waals surface area contributed by atoms with E-state index in [1.807, 2.05) is 26.0 Å². The lowest BCUT2D eigenvalue weighted by Gasteiger charge is -2.13. The smallest absolute Gasteiger partial charge is 0.261 e. The van der Waals surface area contributed by atoms with Gasteiger partial charge in [-0.15, -0.1) is 0 Å². The average Bonchev–Trinajstić information content (AvgIpc) is 3.24. The van der Waals surface area contributed by atoms with Crippen molar-refractivity contribution in [1.82, 2.24) is 4.98 Å². The highest BCUT2D eigenvalue weighted by Gasteiger charge is 2.19. The van der Waals surface area contributed by atoms with Gasteiger partial charge in [-0.3, -0.25) is 9.71 Å². The number of pyridine rings is 1. The Morgan fingerprint density at radius 1 is 0.969 bits per heavy atom. The summed E-state index contributed by atoms with van der Waals surface area (Å²) in [6, 6.07) is 17.2. The number of furan rings is 1. The first-order valence-corrected chi connectivity index (χ1v) is 11.8. The van der Waals surface area contributed by atoms with Crippen LogP contribution in [-0.4, -0.2) is 26.6 Å². The average molecular weight is 453 g/mol. The largest absolute Gasteiger partial charge is 0.455 e. The number of nitrogens with one attached hydrogen (secondary N) is 1. The van der Waals surface area contributed by atoms with E-state index in [-0.39, 0.29) is 4.90 Å². The molecule has 0 saturated carbocycles. The molecular weight excluding hydrogens is 428 g/mol. The maximum Gasteiger partial charge on any atom is 0.261 e. The molecule has 2 aromatic carbocycles. The van der Waals surface area contributed by atoms with Crippen molar-refractivity contribution in [1.29, 1.82) is 0 Å². The minimum atomic E-state index is -3.70. The van der Waals surface area contributed by atoms with Crippen LogP contribution < -0.4 is 4.72 Å². The first-order chi connectivity index (χ1) is 15.5. The number of benzene rings is 2. The molecule has 0 spiro atoms. The van der Waals surface area contributed by atoms with E-state index in [2.05, 4.69) is 9.71 Å². The third kappa shape index (κ3) is 4.67. The monoisotopic (exact) mass is 452 g/mol. The molecule has 0 amide bonds. The van der Waals surface area contributed by atoms with Crippen molar-refractivity contribution >= 4 is 26.7 Å². The van der Waals surface area contributed by atoms with E-state index in [0.717, 1.165) is 16.5 Å². The summed E-state index contributed by atoms with van der Waals surface area (Å²) in [7, 11) is -3.70. The fourth-order valence-corrected chi connectivity index (χ4v) is 4.45. The summed E-state index contributed by atoms with van der Waals surface area (Å²) in [6.07, 6.45) is 2.80. The topological polar surface area (TPSA) is 90.7 Å². The summed E-state index contributed by atoms with van der Waals surface area (Å²) in [5.74, 6) is 0.555. The van der Waals surface area contributed by atoms with Gasteiger partial charge in [0.05, 0.1) is 4.90 Å². The third-order valence-corrected chi connectivity index (χ3v) is 6.19. The lowest BCUT2D eigenvalue weighted by molar-refractivity contribution is -0.150. The summed E-state index contributed by atoms with van der Waals surface area (Å²) in [5, 5.41) is 0.803. The molecule has 8 heteroatoms. The van der Waals surface area contributed by atoms with Crippen LogP contribution >= 0.6 is 0 Å². The van der Waals surface area contributed by atoms with Gasteiger partial charge in [0.2, 0.25) is 6.29 Å². The molecule has 0 aliphatic rings. The van der Waals surface area contributed by atoms with Crippen LogP contribution in [-0.2, 0) is 19.5 Å².